The molecular formula is C15H22ClN. The second-order valence-corrected chi connectivity index (χ2v) is 5.73. The summed E-state index contributed by atoms with van der Waals surface area (Å²) >= 11 is 6.13. The molecule has 0 unspecified atom stereocenters. The molecule has 1 heterocycles. The van der Waals surface area contributed by atoms with Crippen molar-refractivity contribution in [2.75, 3.05) is 12.4 Å². The molecule has 0 bridgehead atoms. The highest BCUT2D eigenvalue weighted by Gasteiger charge is 2.34. The van der Waals surface area contributed by atoms with E-state index in [-0.39, 0.29) is 5.54 Å². The summed E-state index contributed by atoms with van der Waals surface area (Å²) in [7, 11) is 0. The minimum atomic E-state index is 0.0846. The molecule has 1 saturated heterocycles. The molecule has 0 saturated carbocycles. The highest BCUT2D eigenvalue weighted by atomic mass is 35.5. The first-order valence-corrected chi connectivity index (χ1v) is 7.08. The van der Waals surface area contributed by atoms with Gasteiger partial charge in [-0.15, -0.1) is 11.6 Å². The van der Waals surface area contributed by atoms with Gasteiger partial charge in [-0.2, -0.15) is 0 Å². The van der Waals surface area contributed by atoms with Crippen molar-refractivity contribution in [1.82, 2.24) is 4.90 Å². The average Bonchev–Trinajstić information content (AvgIpc) is 2.39. The Balaban J connectivity index is 2.24. The quantitative estimate of drug-likeness (QED) is 0.734. The molecule has 0 amide bonds. The lowest BCUT2D eigenvalue weighted by Gasteiger charge is -2.46. The maximum Gasteiger partial charge on any atom is 0.0407 e. The van der Waals surface area contributed by atoms with Crippen LogP contribution in [-0.2, 0) is 5.54 Å². The Morgan fingerprint density at radius 1 is 1.24 bits per heavy atom. The van der Waals surface area contributed by atoms with E-state index >= 15 is 0 Å². The minimum absolute atomic E-state index is 0.0846. The fourth-order valence-electron chi connectivity index (χ4n) is 2.91. The van der Waals surface area contributed by atoms with Crippen LogP contribution in [0.2, 0.25) is 0 Å². The Morgan fingerprint density at radius 3 is 2.59 bits per heavy atom. The number of hydrogen-bond acceptors (Lipinski definition) is 1. The molecule has 2 heteroatoms. The Kier molecular flexibility index (Phi) is 4.11. The Morgan fingerprint density at radius 2 is 1.94 bits per heavy atom. The predicted octanol–water partition coefficient (Wildman–Crippen LogP) is 4.02. The normalized spacial score (nSPS) is 22.6. The van der Waals surface area contributed by atoms with Gasteiger partial charge in [-0.3, -0.25) is 4.90 Å². The monoisotopic (exact) mass is 251 g/mol. The van der Waals surface area contributed by atoms with Crippen LogP contribution in [0.1, 0.15) is 38.7 Å². The standard InChI is InChI=1S/C15H22ClN/c1-15(2,13-8-4-3-5-9-13)17-11-7-6-10-14(17)12-16/h3-5,8-9,14H,6-7,10-12H2,1-2H3/t14-/m1/s1. The van der Waals surface area contributed by atoms with Gasteiger partial charge in [-0.25, -0.2) is 0 Å². The molecular weight excluding hydrogens is 230 g/mol. The van der Waals surface area contributed by atoms with Crippen LogP contribution in [0.25, 0.3) is 0 Å². The number of halogens is 1. The third-order valence-electron chi connectivity index (χ3n) is 4.00. The van der Waals surface area contributed by atoms with E-state index in [4.69, 9.17) is 11.6 Å². The lowest BCUT2D eigenvalue weighted by molar-refractivity contribution is 0.0480. The number of piperidine rings is 1. The molecule has 1 aromatic carbocycles. The van der Waals surface area contributed by atoms with Gasteiger partial charge >= 0.3 is 0 Å². The molecule has 2 rings (SSSR count). The maximum absolute atomic E-state index is 6.13. The van der Waals surface area contributed by atoms with E-state index in [1.165, 1.54) is 31.4 Å². The predicted molar refractivity (Wildman–Crippen MR) is 74.5 cm³/mol. The van der Waals surface area contributed by atoms with Gasteiger partial charge in [0.05, 0.1) is 0 Å². The second kappa shape index (κ2) is 5.41. The Labute approximate surface area is 110 Å². The lowest BCUT2D eigenvalue weighted by Crippen LogP contribution is -2.51. The van der Waals surface area contributed by atoms with E-state index in [0.717, 1.165) is 5.88 Å². The molecule has 1 nitrogen and oxygen atoms in total. The van der Waals surface area contributed by atoms with Crippen LogP contribution in [0.15, 0.2) is 30.3 Å². The maximum atomic E-state index is 6.13. The molecule has 0 aromatic heterocycles. The zero-order valence-corrected chi connectivity index (χ0v) is 11.6. The molecule has 0 aliphatic carbocycles. The van der Waals surface area contributed by atoms with Crippen molar-refractivity contribution in [3.63, 3.8) is 0 Å². The van der Waals surface area contributed by atoms with E-state index in [9.17, 15) is 0 Å². The molecule has 0 radical (unpaired) electrons. The average molecular weight is 252 g/mol. The van der Waals surface area contributed by atoms with Crippen LogP contribution >= 0.6 is 11.6 Å². The first-order valence-electron chi connectivity index (χ1n) is 6.54. The van der Waals surface area contributed by atoms with E-state index in [0.29, 0.717) is 6.04 Å². The van der Waals surface area contributed by atoms with Gasteiger partial charge in [0.1, 0.15) is 0 Å². The number of benzene rings is 1. The van der Waals surface area contributed by atoms with Gasteiger partial charge in [-0.1, -0.05) is 36.8 Å². The summed E-state index contributed by atoms with van der Waals surface area (Å²) < 4.78 is 0. The minimum Gasteiger partial charge on any atom is -0.290 e. The van der Waals surface area contributed by atoms with Crippen molar-refractivity contribution < 1.29 is 0 Å². The van der Waals surface area contributed by atoms with E-state index in [1.54, 1.807) is 0 Å². The molecule has 1 aromatic rings. The number of nitrogens with zero attached hydrogens (tertiary/aromatic N) is 1. The zero-order chi connectivity index (χ0) is 12.3. The number of alkyl halides is 1. The van der Waals surface area contributed by atoms with Gasteiger partial charge < -0.3 is 0 Å². The summed E-state index contributed by atoms with van der Waals surface area (Å²) in [6, 6.07) is 11.3. The van der Waals surface area contributed by atoms with Gasteiger partial charge in [-0.05, 0) is 38.8 Å². The molecule has 0 N–H and O–H groups in total. The topological polar surface area (TPSA) is 3.24 Å². The summed E-state index contributed by atoms with van der Waals surface area (Å²) in [6.45, 7) is 5.79. The zero-order valence-electron chi connectivity index (χ0n) is 10.8. The fraction of sp³-hybridized carbons (Fsp3) is 0.600. The van der Waals surface area contributed by atoms with Crippen molar-refractivity contribution in [3.8, 4) is 0 Å². The Bertz CT molecular complexity index is 347. The number of rotatable bonds is 3. The van der Waals surface area contributed by atoms with Gasteiger partial charge in [0, 0.05) is 17.5 Å². The van der Waals surface area contributed by atoms with Gasteiger partial charge in [0.2, 0.25) is 0 Å². The van der Waals surface area contributed by atoms with Gasteiger partial charge in [0.15, 0.2) is 0 Å². The van der Waals surface area contributed by atoms with Crippen molar-refractivity contribution in [2.45, 2.75) is 44.7 Å². The molecule has 1 aliphatic heterocycles. The van der Waals surface area contributed by atoms with E-state index < -0.39 is 0 Å². The molecule has 94 valence electrons. The SMILES string of the molecule is CC(C)(c1ccccc1)N1CCCC[C@@H]1CCl. The lowest BCUT2D eigenvalue weighted by atomic mass is 9.88. The smallest absolute Gasteiger partial charge is 0.0407 e. The van der Waals surface area contributed by atoms with Crippen LogP contribution in [0.5, 0.6) is 0 Å². The third-order valence-corrected chi connectivity index (χ3v) is 4.36. The molecule has 0 spiro atoms. The summed E-state index contributed by atoms with van der Waals surface area (Å²) in [6.07, 6.45) is 3.85. The Hall–Kier alpha value is -0.530. The molecule has 1 fully saturated rings. The number of likely N-dealkylation sites (tertiary alicyclic amines) is 1. The third kappa shape index (κ3) is 2.66. The van der Waals surface area contributed by atoms with Crippen molar-refractivity contribution in [3.05, 3.63) is 35.9 Å². The first-order chi connectivity index (χ1) is 8.16. The summed E-state index contributed by atoms with van der Waals surface area (Å²) in [5, 5.41) is 0. The van der Waals surface area contributed by atoms with E-state index in [2.05, 4.69) is 49.1 Å². The fourth-order valence-corrected chi connectivity index (χ4v) is 3.23. The van der Waals surface area contributed by atoms with Crippen LogP contribution in [0.4, 0.5) is 0 Å². The highest BCUT2D eigenvalue weighted by molar-refractivity contribution is 6.18. The largest absolute Gasteiger partial charge is 0.290 e. The van der Waals surface area contributed by atoms with Crippen LogP contribution in [0, 0.1) is 0 Å². The first kappa shape index (κ1) is 12.9. The summed E-state index contributed by atoms with van der Waals surface area (Å²) in [5.74, 6) is 0.746. The van der Waals surface area contributed by atoms with Crippen LogP contribution < -0.4 is 0 Å². The molecule has 17 heavy (non-hydrogen) atoms. The molecule has 1 aliphatic rings. The second-order valence-electron chi connectivity index (χ2n) is 5.42. The summed E-state index contributed by atoms with van der Waals surface area (Å²) in [4.78, 5) is 2.58. The molecule has 1 atom stereocenters. The van der Waals surface area contributed by atoms with Crippen molar-refractivity contribution in [2.24, 2.45) is 0 Å². The van der Waals surface area contributed by atoms with Crippen molar-refractivity contribution in [1.29, 1.82) is 0 Å². The van der Waals surface area contributed by atoms with E-state index in [1.807, 2.05) is 0 Å². The number of hydrogen-bond donors (Lipinski definition) is 0. The summed E-state index contributed by atoms with van der Waals surface area (Å²) in [5.41, 5.74) is 1.47. The van der Waals surface area contributed by atoms with Crippen LogP contribution in [0.3, 0.4) is 0 Å². The highest BCUT2D eigenvalue weighted by Crippen LogP contribution is 2.33. The van der Waals surface area contributed by atoms with Gasteiger partial charge in [0.25, 0.3) is 0 Å². The van der Waals surface area contributed by atoms with Crippen LogP contribution in [-0.4, -0.2) is 23.4 Å². The van der Waals surface area contributed by atoms with Crippen molar-refractivity contribution >= 4 is 11.6 Å².